The van der Waals surface area contributed by atoms with E-state index in [9.17, 15) is 4.79 Å². The minimum absolute atomic E-state index is 0. The zero-order valence-electron chi connectivity index (χ0n) is 13.7. The molecule has 7 heteroatoms. The Morgan fingerprint density at radius 2 is 2.10 bits per heavy atom. The molecule has 2 N–H and O–H groups in total. The molecule has 21 heavy (non-hydrogen) atoms. The number of nitrogens with one attached hydrogen (secondary N) is 2. The molecule has 6 nitrogen and oxygen atoms in total. The Morgan fingerprint density at radius 3 is 2.57 bits per heavy atom. The van der Waals surface area contributed by atoms with Crippen LogP contribution in [0.15, 0.2) is 4.99 Å². The molecule has 0 aromatic rings. The first-order valence-electron chi connectivity index (χ1n) is 7.12. The normalized spacial score (nSPS) is 18.9. The fourth-order valence-electron chi connectivity index (χ4n) is 2.21. The predicted molar refractivity (Wildman–Crippen MR) is 96.2 cm³/mol. The Kier molecular flexibility index (Phi) is 9.19. The quantitative estimate of drug-likeness (QED) is 0.412. The average molecular weight is 412 g/mol. The number of aliphatic imine (C=N–C) groups is 1. The Bertz CT molecular complexity index is 349. The van der Waals surface area contributed by atoms with Gasteiger partial charge in [-0.15, -0.1) is 24.0 Å². The summed E-state index contributed by atoms with van der Waals surface area (Å²) < 4.78 is 5.37. The van der Waals surface area contributed by atoms with Crippen LogP contribution in [-0.4, -0.2) is 62.7 Å². The number of hydrogen-bond acceptors (Lipinski definition) is 3. The topological polar surface area (TPSA) is 66.0 Å². The third-order valence-corrected chi connectivity index (χ3v) is 3.05. The van der Waals surface area contributed by atoms with Crippen molar-refractivity contribution in [2.45, 2.75) is 32.7 Å². The number of carbonyl (C=O) groups is 1. The lowest BCUT2D eigenvalue weighted by molar-refractivity contribution is -0.121. The van der Waals surface area contributed by atoms with Crippen LogP contribution in [0.1, 0.15) is 27.2 Å². The van der Waals surface area contributed by atoms with Gasteiger partial charge in [0.1, 0.15) is 0 Å². The molecule has 1 rings (SSSR count). The van der Waals surface area contributed by atoms with E-state index in [2.05, 4.69) is 15.6 Å². The smallest absolute Gasteiger partial charge is 0.239 e. The van der Waals surface area contributed by atoms with Crippen molar-refractivity contribution < 1.29 is 9.53 Å². The lowest BCUT2D eigenvalue weighted by atomic mass is 10.1. The minimum atomic E-state index is -0.213. The van der Waals surface area contributed by atoms with Gasteiger partial charge in [0, 0.05) is 38.7 Å². The first-order chi connectivity index (χ1) is 9.31. The second kappa shape index (κ2) is 9.45. The molecule has 0 aliphatic carbocycles. The van der Waals surface area contributed by atoms with Crippen LogP contribution in [0.4, 0.5) is 0 Å². The van der Waals surface area contributed by atoms with Crippen molar-refractivity contribution in [3.63, 3.8) is 0 Å². The maximum atomic E-state index is 11.8. The van der Waals surface area contributed by atoms with Crippen molar-refractivity contribution in [2.75, 3.05) is 40.4 Å². The first-order valence-corrected chi connectivity index (χ1v) is 7.12. The Balaban J connectivity index is 0.00000400. The van der Waals surface area contributed by atoms with E-state index in [4.69, 9.17) is 4.74 Å². The summed E-state index contributed by atoms with van der Waals surface area (Å²) in [6.45, 7) is 8.67. The van der Waals surface area contributed by atoms with Gasteiger partial charge in [0.2, 0.25) is 5.91 Å². The number of hydrogen-bond donors (Lipinski definition) is 2. The standard InChI is InChI=1S/C14H28N4O2.HI/c1-14(2,3)17-12(19)8-16-13(15-4)18(5)9-11-6-7-20-10-11;/h11H,6-10H2,1-5H3,(H,15,16)(H,17,19);1H. The van der Waals surface area contributed by atoms with E-state index in [0.717, 1.165) is 32.1 Å². The van der Waals surface area contributed by atoms with E-state index >= 15 is 0 Å². The van der Waals surface area contributed by atoms with Crippen LogP contribution in [0.25, 0.3) is 0 Å². The highest BCUT2D eigenvalue weighted by atomic mass is 127. The third kappa shape index (κ3) is 8.45. The number of rotatable bonds is 4. The highest BCUT2D eigenvalue weighted by molar-refractivity contribution is 14.0. The summed E-state index contributed by atoms with van der Waals surface area (Å²) in [5, 5.41) is 6.00. The molecule has 0 spiro atoms. The predicted octanol–water partition coefficient (Wildman–Crippen LogP) is 1.06. The van der Waals surface area contributed by atoms with E-state index < -0.39 is 0 Å². The molecule has 1 atom stereocenters. The number of carbonyl (C=O) groups excluding carboxylic acids is 1. The molecule has 1 amide bonds. The molecule has 0 aromatic heterocycles. The minimum Gasteiger partial charge on any atom is -0.381 e. The van der Waals surface area contributed by atoms with Crippen molar-refractivity contribution in [1.29, 1.82) is 0 Å². The van der Waals surface area contributed by atoms with Gasteiger partial charge in [0.15, 0.2) is 5.96 Å². The van der Waals surface area contributed by atoms with E-state index in [0.29, 0.717) is 5.92 Å². The van der Waals surface area contributed by atoms with Crippen molar-refractivity contribution in [2.24, 2.45) is 10.9 Å². The van der Waals surface area contributed by atoms with Gasteiger partial charge >= 0.3 is 0 Å². The third-order valence-electron chi connectivity index (χ3n) is 3.05. The highest BCUT2D eigenvalue weighted by Crippen LogP contribution is 2.13. The van der Waals surface area contributed by atoms with E-state index in [1.807, 2.05) is 32.7 Å². The fourth-order valence-corrected chi connectivity index (χ4v) is 2.21. The Hall–Kier alpha value is -0.570. The zero-order chi connectivity index (χ0) is 15.2. The molecule has 1 heterocycles. The van der Waals surface area contributed by atoms with Crippen molar-refractivity contribution in [3.05, 3.63) is 0 Å². The maximum Gasteiger partial charge on any atom is 0.239 e. The molecular weight excluding hydrogens is 383 g/mol. The molecule has 1 unspecified atom stereocenters. The lowest BCUT2D eigenvalue weighted by Gasteiger charge is -2.25. The van der Waals surface area contributed by atoms with Crippen molar-refractivity contribution in [3.8, 4) is 0 Å². The molecule has 0 aromatic carbocycles. The average Bonchev–Trinajstić information content (AvgIpc) is 2.80. The Morgan fingerprint density at radius 1 is 1.43 bits per heavy atom. The molecule has 0 saturated carbocycles. The van der Waals surface area contributed by atoms with E-state index in [-0.39, 0.29) is 42.0 Å². The zero-order valence-corrected chi connectivity index (χ0v) is 16.1. The summed E-state index contributed by atoms with van der Waals surface area (Å²) in [7, 11) is 3.71. The van der Waals surface area contributed by atoms with Gasteiger partial charge in [-0.2, -0.15) is 0 Å². The molecule has 1 fully saturated rings. The summed E-state index contributed by atoms with van der Waals surface area (Å²) >= 11 is 0. The number of amides is 1. The van der Waals surface area contributed by atoms with Gasteiger partial charge in [-0.25, -0.2) is 0 Å². The molecule has 1 saturated heterocycles. The molecule has 1 aliphatic rings. The lowest BCUT2D eigenvalue weighted by Crippen LogP contribution is -2.49. The summed E-state index contributed by atoms with van der Waals surface area (Å²) in [6, 6.07) is 0. The van der Waals surface area contributed by atoms with Crippen LogP contribution in [0.2, 0.25) is 0 Å². The van der Waals surface area contributed by atoms with Gasteiger partial charge < -0.3 is 20.3 Å². The van der Waals surface area contributed by atoms with E-state index in [1.165, 1.54) is 0 Å². The van der Waals surface area contributed by atoms with Gasteiger partial charge in [-0.1, -0.05) is 0 Å². The maximum absolute atomic E-state index is 11.8. The van der Waals surface area contributed by atoms with Gasteiger partial charge in [-0.3, -0.25) is 9.79 Å². The van der Waals surface area contributed by atoms with Crippen LogP contribution >= 0.6 is 24.0 Å². The van der Waals surface area contributed by atoms with Crippen molar-refractivity contribution >= 4 is 35.8 Å². The number of nitrogens with zero attached hydrogens (tertiary/aromatic N) is 2. The van der Waals surface area contributed by atoms with Crippen LogP contribution in [-0.2, 0) is 9.53 Å². The number of guanidine groups is 1. The van der Waals surface area contributed by atoms with Crippen LogP contribution in [0, 0.1) is 5.92 Å². The highest BCUT2D eigenvalue weighted by Gasteiger charge is 2.19. The number of ether oxygens (including phenoxy) is 1. The second-order valence-electron chi connectivity index (χ2n) is 6.31. The SMILES string of the molecule is CN=C(NCC(=O)NC(C)(C)C)N(C)CC1CCOC1.I. The summed E-state index contributed by atoms with van der Waals surface area (Å²) in [5.41, 5.74) is -0.213. The summed E-state index contributed by atoms with van der Waals surface area (Å²) in [4.78, 5) is 18.0. The fraction of sp³-hybridized carbons (Fsp3) is 0.857. The monoisotopic (exact) mass is 412 g/mol. The van der Waals surface area contributed by atoms with Gasteiger partial charge in [0.25, 0.3) is 0 Å². The molecule has 0 bridgehead atoms. The Labute approximate surface area is 145 Å². The number of halogens is 1. The van der Waals surface area contributed by atoms with Crippen LogP contribution in [0.5, 0.6) is 0 Å². The second-order valence-corrected chi connectivity index (χ2v) is 6.31. The van der Waals surface area contributed by atoms with E-state index in [1.54, 1.807) is 7.05 Å². The van der Waals surface area contributed by atoms with Gasteiger partial charge in [0.05, 0.1) is 13.2 Å². The summed E-state index contributed by atoms with van der Waals surface area (Å²) in [6.07, 6.45) is 1.09. The molecular formula is C14H29IN4O2. The van der Waals surface area contributed by atoms with Crippen LogP contribution < -0.4 is 10.6 Å². The van der Waals surface area contributed by atoms with Crippen molar-refractivity contribution in [1.82, 2.24) is 15.5 Å². The van der Waals surface area contributed by atoms with Crippen LogP contribution in [0.3, 0.4) is 0 Å². The molecule has 0 radical (unpaired) electrons. The first kappa shape index (κ1) is 20.4. The summed E-state index contributed by atoms with van der Waals surface area (Å²) in [5.74, 6) is 1.25. The molecule has 124 valence electrons. The largest absolute Gasteiger partial charge is 0.381 e. The van der Waals surface area contributed by atoms with Gasteiger partial charge in [-0.05, 0) is 27.2 Å². The molecule has 1 aliphatic heterocycles.